The van der Waals surface area contributed by atoms with Crippen LogP contribution in [0.4, 0.5) is 10.1 Å². The molecule has 88 valence electrons. The first-order chi connectivity index (χ1) is 7.49. The first-order valence-corrected chi connectivity index (χ1v) is 5.28. The van der Waals surface area contributed by atoms with Crippen LogP contribution in [0.1, 0.15) is 19.4 Å². The van der Waals surface area contributed by atoms with Gasteiger partial charge in [-0.15, -0.1) is 0 Å². The van der Waals surface area contributed by atoms with Crippen LogP contribution in [0.3, 0.4) is 0 Å². The molecule has 0 fully saturated rings. The number of benzene rings is 1. The van der Waals surface area contributed by atoms with Crippen molar-refractivity contribution in [2.45, 2.75) is 26.8 Å². The van der Waals surface area contributed by atoms with Gasteiger partial charge in [0.25, 0.3) is 0 Å². The Morgan fingerprint density at radius 3 is 2.69 bits per heavy atom. The van der Waals surface area contributed by atoms with E-state index >= 15 is 0 Å². The number of rotatable bonds is 4. The molecule has 0 saturated carbocycles. The van der Waals surface area contributed by atoms with Gasteiger partial charge in [0.05, 0.1) is 12.2 Å². The number of hydrogen-bond acceptors (Lipinski definition) is 2. The van der Waals surface area contributed by atoms with E-state index in [0.717, 1.165) is 5.56 Å². The molecule has 2 N–H and O–H groups in total. The lowest BCUT2D eigenvalue weighted by atomic mass is 10.2. The van der Waals surface area contributed by atoms with Gasteiger partial charge in [0.1, 0.15) is 5.82 Å². The third-order valence-electron chi connectivity index (χ3n) is 2.01. The molecule has 0 saturated heterocycles. The summed E-state index contributed by atoms with van der Waals surface area (Å²) in [6, 6.07) is 4.96. The van der Waals surface area contributed by atoms with Gasteiger partial charge < -0.3 is 10.6 Å². The Kier molecular flexibility index (Phi) is 4.28. The highest BCUT2D eigenvalue weighted by molar-refractivity contribution is 5.80. The van der Waals surface area contributed by atoms with Crippen molar-refractivity contribution in [1.29, 1.82) is 0 Å². The minimum Gasteiger partial charge on any atom is -0.374 e. The van der Waals surface area contributed by atoms with Crippen molar-refractivity contribution in [1.82, 2.24) is 5.32 Å². The second-order valence-corrected chi connectivity index (χ2v) is 4.06. The van der Waals surface area contributed by atoms with Crippen LogP contribution in [0.15, 0.2) is 18.2 Å². The standard InChI is InChI=1S/C12H17FN2O/c1-8(2)15-12(16)7-14-11-5-4-9(3)6-10(11)13/h4-6,8,14H,7H2,1-3H3,(H,15,16). The molecule has 16 heavy (non-hydrogen) atoms. The Balaban J connectivity index is 2.51. The van der Waals surface area contributed by atoms with Crippen LogP contribution < -0.4 is 10.6 Å². The van der Waals surface area contributed by atoms with E-state index in [-0.39, 0.29) is 24.3 Å². The summed E-state index contributed by atoms with van der Waals surface area (Å²) in [6.07, 6.45) is 0. The summed E-state index contributed by atoms with van der Waals surface area (Å²) in [5, 5.41) is 5.48. The van der Waals surface area contributed by atoms with Crippen LogP contribution in [-0.4, -0.2) is 18.5 Å². The molecule has 0 bridgehead atoms. The molecule has 0 aromatic heterocycles. The monoisotopic (exact) mass is 224 g/mol. The van der Waals surface area contributed by atoms with Crippen LogP contribution >= 0.6 is 0 Å². The molecule has 0 aliphatic rings. The van der Waals surface area contributed by atoms with Gasteiger partial charge in [0, 0.05) is 6.04 Å². The fourth-order valence-electron chi connectivity index (χ4n) is 1.31. The first kappa shape index (κ1) is 12.5. The third kappa shape index (κ3) is 3.88. The largest absolute Gasteiger partial charge is 0.374 e. The molecule has 0 aliphatic heterocycles. The zero-order valence-electron chi connectivity index (χ0n) is 9.80. The van der Waals surface area contributed by atoms with E-state index < -0.39 is 0 Å². The molecule has 0 unspecified atom stereocenters. The summed E-state index contributed by atoms with van der Waals surface area (Å²) >= 11 is 0. The highest BCUT2D eigenvalue weighted by Crippen LogP contribution is 2.14. The molecule has 4 heteroatoms. The first-order valence-electron chi connectivity index (χ1n) is 5.28. The number of anilines is 1. The summed E-state index contributed by atoms with van der Waals surface area (Å²) in [5.41, 5.74) is 1.21. The molecule has 1 rings (SSSR count). The molecule has 1 aromatic carbocycles. The van der Waals surface area contributed by atoms with Crippen molar-refractivity contribution in [2.24, 2.45) is 0 Å². The maximum absolute atomic E-state index is 13.4. The smallest absolute Gasteiger partial charge is 0.239 e. The number of carbonyl (C=O) groups is 1. The lowest BCUT2D eigenvalue weighted by Gasteiger charge is -2.10. The molecule has 0 atom stereocenters. The molecule has 3 nitrogen and oxygen atoms in total. The van der Waals surface area contributed by atoms with Gasteiger partial charge >= 0.3 is 0 Å². The predicted octanol–water partition coefficient (Wildman–Crippen LogP) is 2.07. The van der Waals surface area contributed by atoms with Gasteiger partial charge in [0.15, 0.2) is 0 Å². The summed E-state index contributed by atoms with van der Waals surface area (Å²) in [7, 11) is 0. The zero-order chi connectivity index (χ0) is 12.1. The van der Waals surface area contributed by atoms with Crippen molar-refractivity contribution in [3.8, 4) is 0 Å². The normalized spacial score (nSPS) is 10.3. The predicted molar refractivity (Wildman–Crippen MR) is 62.9 cm³/mol. The van der Waals surface area contributed by atoms with Crippen LogP contribution in [-0.2, 0) is 4.79 Å². The van der Waals surface area contributed by atoms with E-state index in [9.17, 15) is 9.18 Å². The van der Waals surface area contributed by atoms with Crippen LogP contribution in [0.25, 0.3) is 0 Å². The average molecular weight is 224 g/mol. The fourth-order valence-corrected chi connectivity index (χ4v) is 1.31. The minimum absolute atomic E-state index is 0.0815. The molecular weight excluding hydrogens is 207 g/mol. The third-order valence-corrected chi connectivity index (χ3v) is 2.01. The number of aryl methyl sites for hydroxylation is 1. The van der Waals surface area contributed by atoms with Crippen LogP contribution in [0.2, 0.25) is 0 Å². The van der Waals surface area contributed by atoms with E-state index in [1.165, 1.54) is 6.07 Å². The van der Waals surface area contributed by atoms with E-state index in [0.29, 0.717) is 5.69 Å². The number of halogens is 1. The Morgan fingerprint density at radius 1 is 1.44 bits per heavy atom. The molecule has 0 heterocycles. The number of carbonyl (C=O) groups excluding carboxylic acids is 1. The van der Waals surface area contributed by atoms with Gasteiger partial charge in [-0.05, 0) is 38.5 Å². The van der Waals surface area contributed by atoms with Gasteiger partial charge in [-0.25, -0.2) is 4.39 Å². The zero-order valence-corrected chi connectivity index (χ0v) is 9.80. The fraction of sp³-hybridized carbons (Fsp3) is 0.417. The lowest BCUT2D eigenvalue weighted by Crippen LogP contribution is -2.34. The van der Waals surface area contributed by atoms with Gasteiger partial charge in [0.2, 0.25) is 5.91 Å². The second kappa shape index (κ2) is 5.49. The maximum atomic E-state index is 13.4. The van der Waals surface area contributed by atoms with Gasteiger partial charge in [-0.2, -0.15) is 0 Å². The summed E-state index contributed by atoms with van der Waals surface area (Å²) in [6.45, 7) is 5.66. The Morgan fingerprint density at radius 2 is 2.12 bits per heavy atom. The summed E-state index contributed by atoms with van der Waals surface area (Å²) in [5.74, 6) is -0.479. The quantitative estimate of drug-likeness (QED) is 0.822. The average Bonchev–Trinajstić information content (AvgIpc) is 2.15. The van der Waals surface area contributed by atoms with E-state index in [1.54, 1.807) is 12.1 Å². The van der Waals surface area contributed by atoms with E-state index in [1.807, 2.05) is 20.8 Å². The van der Waals surface area contributed by atoms with Crippen molar-refractivity contribution in [3.05, 3.63) is 29.6 Å². The molecule has 0 spiro atoms. The van der Waals surface area contributed by atoms with E-state index in [2.05, 4.69) is 10.6 Å². The minimum atomic E-state index is -0.336. The van der Waals surface area contributed by atoms with Gasteiger partial charge in [-0.3, -0.25) is 4.79 Å². The molecule has 1 aromatic rings. The van der Waals surface area contributed by atoms with E-state index in [4.69, 9.17) is 0 Å². The van der Waals surface area contributed by atoms with Gasteiger partial charge in [-0.1, -0.05) is 6.07 Å². The number of hydrogen-bond donors (Lipinski definition) is 2. The second-order valence-electron chi connectivity index (χ2n) is 4.06. The van der Waals surface area contributed by atoms with Crippen molar-refractivity contribution >= 4 is 11.6 Å². The SMILES string of the molecule is Cc1ccc(NCC(=O)NC(C)C)c(F)c1. The van der Waals surface area contributed by atoms with Crippen LogP contribution in [0.5, 0.6) is 0 Å². The molecule has 1 amide bonds. The van der Waals surface area contributed by atoms with Crippen molar-refractivity contribution in [3.63, 3.8) is 0 Å². The highest BCUT2D eigenvalue weighted by atomic mass is 19.1. The number of nitrogens with one attached hydrogen (secondary N) is 2. The molecule has 0 aliphatic carbocycles. The highest BCUT2D eigenvalue weighted by Gasteiger charge is 2.05. The lowest BCUT2D eigenvalue weighted by molar-refractivity contribution is -0.119. The number of amides is 1. The topological polar surface area (TPSA) is 41.1 Å². The summed E-state index contributed by atoms with van der Waals surface area (Å²) < 4.78 is 13.4. The Hall–Kier alpha value is -1.58. The van der Waals surface area contributed by atoms with Crippen molar-refractivity contribution in [2.75, 3.05) is 11.9 Å². The van der Waals surface area contributed by atoms with Crippen LogP contribution in [0, 0.1) is 12.7 Å². The molecular formula is C12H17FN2O. The summed E-state index contributed by atoms with van der Waals surface area (Å²) in [4.78, 5) is 11.3. The Labute approximate surface area is 95.0 Å². The maximum Gasteiger partial charge on any atom is 0.239 e. The molecule has 0 radical (unpaired) electrons. The Bertz CT molecular complexity index is 377. The van der Waals surface area contributed by atoms with Crippen molar-refractivity contribution < 1.29 is 9.18 Å².